The Morgan fingerprint density at radius 2 is 1.78 bits per heavy atom. The van der Waals surface area contributed by atoms with Gasteiger partial charge in [-0.15, -0.1) is 0 Å². The Hall–Kier alpha value is -1.55. The van der Waals surface area contributed by atoms with Crippen molar-refractivity contribution in [3.05, 3.63) is 35.4 Å². The van der Waals surface area contributed by atoms with Crippen LogP contribution in [0.5, 0.6) is 0 Å². The first kappa shape index (κ1) is 17.8. The van der Waals surface area contributed by atoms with E-state index in [1.807, 2.05) is 0 Å². The van der Waals surface area contributed by atoms with Crippen LogP contribution >= 0.6 is 0 Å². The second-order valence-electron chi connectivity index (χ2n) is 6.57. The Morgan fingerprint density at radius 1 is 1.17 bits per heavy atom. The van der Waals surface area contributed by atoms with Crippen molar-refractivity contribution < 1.29 is 0 Å². The smallest absolute Gasteiger partial charge is 0.191 e. The Bertz CT molecular complexity index is 500. The van der Waals surface area contributed by atoms with Gasteiger partial charge >= 0.3 is 0 Å². The van der Waals surface area contributed by atoms with Gasteiger partial charge in [0.15, 0.2) is 5.96 Å². The molecule has 0 aromatic heterocycles. The Labute approximate surface area is 141 Å². The summed E-state index contributed by atoms with van der Waals surface area (Å²) in [6.45, 7) is 12.5. The lowest BCUT2D eigenvalue weighted by Crippen LogP contribution is -2.37. The van der Waals surface area contributed by atoms with Crippen molar-refractivity contribution in [1.82, 2.24) is 9.80 Å². The van der Waals surface area contributed by atoms with Gasteiger partial charge < -0.3 is 10.6 Å². The van der Waals surface area contributed by atoms with E-state index < -0.39 is 0 Å². The molecule has 1 aromatic rings. The summed E-state index contributed by atoms with van der Waals surface area (Å²) in [4.78, 5) is 9.26. The lowest BCUT2D eigenvalue weighted by atomic mass is 9.98. The standard InChI is InChI=1S/C19H32N4/c1-4-23(5-2)19(20)21-14-17-8-6-7-9-18(17)15-22-12-10-16(3)11-13-22/h6-9,16H,4-5,10-15H2,1-3H3,(H2,20,21). The van der Waals surface area contributed by atoms with Gasteiger partial charge in [0.1, 0.15) is 0 Å². The molecule has 0 unspecified atom stereocenters. The van der Waals surface area contributed by atoms with Crippen LogP contribution in [-0.4, -0.2) is 41.9 Å². The number of piperidine rings is 1. The van der Waals surface area contributed by atoms with Crippen molar-refractivity contribution in [3.63, 3.8) is 0 Å². The molecule has 0 amide bonds. The van der Waals surface area contributed by atoms with Gasteiger partial charge in [-0.2, -0.15) is 0 Å². The van der Waals surface area contributed by atoms with Gasteiger partial charge in [-0.1, -0.05) is 31.2 Å². The van der Waals surface area contributed by atoms with Crippen LogP contribution in [0.25, 0.3) is 0 Å². The summed E-state index contributed by atoms with van der Waals surface area (Å²) in [6.07, 6.45) is 2.63. The fraction of sp³-hybridized carbons (Fsp3) is 0.632. The topological polar surface area (TPSA) is 44.9 Å². The fourth-order valence-electron chi connectivity index (χ4n) is 3.14. The van der Waals surface area contributed by atoms with E-state index in [2.05, 4.69) is 59.8 Å². The zero-order chi connectivity index (χ0) is 16.7. The third-order valence-electron chi connectivity index (χ3n) is 4.89. The minimum absolute atomic E-state index is 0.650. The summed E-state index contributed by atoms with van der Waals surface area (Å²) < 4.78 is 0. The lowest BCUT2D eigenvalue weighted by Gasteiger charge is -2.30. The van der Waals surface area contributed by atoms with E-state index in [0.717, 1.165) is 25.6 Å². The monoisotopic (exact) mass is 316 g/mol. The Morgan fingerprint density at radius 3 is 2.39 bits per heavy atom. The Kier molecular flexibility index (Phi) is 6.90. The molecule has 0 aliphatic carbocycles. The van der Waals surface area contributed by atoms with Gasteiger partial charge in [0.2, 0.25) is 0 Å². The van der Waals surface area contributed by atoms with Crippen molar-refractivity contribution in [1.29, 1.82) is 0 Å². The van der Waals surface area contributed by atoms with Crippen LogP contribution in [0, 0.1) is 5.92 Å². The third kappa shape index (κ3) is 5.24. The van der Waals surface area contributed by atoms with Crippen LogP contribution in [0.1, 0.15) is 44.7 Å². The highest BCUT2D eigenvalue weighted by Crippen LogP contribution is 2.20. The highest BCUT2D eigenvalue weighted by atomic mass is 15.2. The number of rotatable bonds is 6. The number of guanidine groups is 1. The summed E-state index contributed by atoms with van der Waals surface area (Å²) >= 11 is 0. The summed E-state index contributed by atoms with van der Waals surface area (Å²) in [7, 11) is 0. The fourth-order valence-corrected chi connectivity index (χ4v) is 3.14. The lowest BCUT2D eigenvalue weighted by molar-refractivity contribution is 0.185. The van der Waals surface area contributed by atoms with Crippen molar-refractivity contribution in [2.45, 2.75) is 46.7 Å². The van der Waals surface area contributed by atoms with Gasteiger partial charge in [0, 0.05) is 19.6 Å². The molecule has 1 aromatic carbocycles. The minimum Gasteiger partial charge on any atom is -0.370 e. The first-order valence-electron chi connectivity index (χ1n) is 8.98. The molecule has 0 spiro atoms. The highest BCUT2D eigenvalue weighted by molar-refractivity contribution is 5.78. The predicted molar refractivity (Wildman–Crippen MR) is 98.4 cm³/mol. The molecule has 2 N–H and O–H groups in total. The maximum atomic E-state index is 6.10. The SMILES string of the molecule is CCN(CC)C(N)=NCc1ccccc1CN1CCC(C)CC1. The minimum atomic E-state index is 0.650. The molecule has 1 aliphatic rings. The number of nitrogens with zero attached hydrogens (tertiary/aromatic N) is 3. The normalized spacial score (nSPS) is 17.4. The van der Waals surface area contributed by atoms with Crippen molar-refractivity contribution in [3.8, 4) is 0 Å². The highest BCUT2D eigenvalue weighted by Gasteiger charge is 2.16. The second-order valence-corrected chi connectivity index (χ2v) is 6.57. The van der Waals surface area contributed by atoms with Gasteiger partial charge in [0.05, 0.1) is 6.54 Å². The molecule has 0 saturated carbocycles. The molecule has 0 bridgehead atoms. The predicted octanol–water partition coefficient (Wildman–Crippen LogP) is 3.08. The van der Waals surface area contributed by atoms with E-state index in [-0.39, 0.29) is 0 Å². The molecular weight excluding hydrogens is 284 g/mol. The van der Waals surface area contributed by atoms with Crippen LogP contribution in [0.4, 0.5) is 0 Å². The van der Waals surface area contributed by atoms with Gasteiger partial charge in [-0.25, -0.2) is 4.99 Å². The van der Waals surface area contributed by atoms with E-state index >= 15 is 0 Å². The van der Waals surface area contributed by atoms with Crippen LogP contribution in [0.2, 0.25) is 0 Å². The van der Waals surface area contributed by atoms with Gasteiger partial charge in [-0.3, -0.25) is 4.90 Å². The molecule has 2 rings (SSSR count). The second kappa shape index (κ2) is 8.92. The molecule has 1 aliphatic heterocycles. The molecule has 23 heavy (non-hydrogen) atoms. The van der Waals surface area contributed by atoms with Crippen molar-refractivity contribution in [2.24, 2.45) is 16.6 Å². The van der Waals surface area contributed by atoms with Gasteiger partial charge in [0.25, 0.3) is 0 Å². The van der Waals surface area contributed by atoms with E-state index in [0.29, 0.717) is 12.5 Å². The summed E-state index contributed by atoms with van der Waals surface area (Å²) in [5, 5.41) is 0. The van der Waals surface area contributed by atoms with Crippen LogP contribution in [0.3, 0.4) is 0 Å². The van der Waals surface area contributed by atoms with Crippen molar-refractivity contribution >= 4 is 5.96 Å². The maximum absolute atomic E-state index is 6.10. The zero-order valence-electron chi connectivity index (χ0n) is 15.0. The number of likely N-dealkylation sites (tertiary alicyclic amines) is 1. The number of hydrogen-bond acceptors (Lipinski definition) is 2. The molecule has 0 radical (unpaired) electrons. The molecule has 1 heterocycles. The van der Waals surface area contributed by atoms with Crippen LogP contribution in [0.15, 0.2) is 29.3 Å². The van der Waals surface area contributed by atoms with Crippen LogP contribution < -0.4 is 5.73 Å². The molecule has 4 nitrogen and oxygen atoms in total. The summed E-state index contributed by atoms with van der Waals surface area (Å²) in [6, 6.07) is 8.64. The van der Waals surface area contributed by atoms with E-state index in [1.165, 1.54) is 37.1 Å². The quantitative estimate of drug-likeness (QED) is 0.648. The first-order chi connectivity index (χ1) is 11.1. The summed E-state index contributed by atoms with van der Waals surface area (Å²) in [5.41, 5.74) is 8.78. The first-order valence-corrected chi connectivity index (χ1v) is 8.98. The van der Waals surface area contributed by atoms with E-state index in [9.17, 15) is 0 Å². The average molecular weight is 316 g/mol. The summed E-state index contributed by atoms with van der Waals surface area (Å²) in [5.74, 6) is 1.52. The Balaban J connectivity index is 2.01. The molecule has 1 fully saturated rings. The van der Waals surface area contributed by atoms with Crippen molar-refractivity contribution in [2.75, 3.05) is 26.2 Å². The zero-order valence-corrected chi connectivity index (χ0v) is 15.0. The molecule has 0 atom stereocenters. The number of benzene rings is 1. The molecule has 1 saturated heterocycles. The molecule has 128 valence electrons. The van der Waals surface area contributed by atoms with E-state index in [4.69, 9.17) is 5.73 Å². The molecular formula is C19H32N4. The number of aliphatic imine (C=N–C) groups is 1. The average Bonchev–Trinajstić information content (AvgIpc) is 2.57. The largest absolute Gasteiger partial charge is 0.370 e. The van der Waals surface area contributed by atoms with E-state index in [1.54, 1.807) is 0 Å². The van der Waals surface area contributed by atoms with Gasteiger partial charge in [-0.05, 0) is 56.8 Å². The maximum Gasteiger partial charge on any atom is 0.191 e. The number of nitrogens with two attached hydrogens (primary N) is 1. The van der Waals surface area contributed by atoms with Crippen LogP contribution in [-0.2, 0) is 13.1 Å². The molecule has 4 heteroatoms. The third-order valence-corrected chi connectivity index (χ3v) is 4.89. The number of hydrogen-bond donors (Lipinski definition) is 1.